The summed E-state index contributed by atoms with van der Waals surface area (Å²) >= 11 is 0. The summed E-state index contributed by atoms with van der Waals surface area (Å²) in [5.74, 6) is -0.115. The van der Waals surface area contributed by atoms with E-state index in [0.717, 1.165) is 0 Å². The highest BCUT2D eigenvalue weighted by Gasteiger charge is 2.17. The van der Waals surface area contributed by atoms with Gasteiger partial charge in [-0.1, -0.05) is 6.92 Å². The van der Waals surface area contributed by atoms with Gasteiger partial charge in [0.05, 0.1) is 13.1 Å². The van der Waals surface area contributed by atoms with Crippen molar-refractivity contribution in [3.63, 3.8) is 0 Å². The number of carboxylic acid groups (broad SMARTS) is 1. The molecule has 0 aromatic carbocycles. The Labute approximate surface area is 118 Å². The number of hydrogen-bond acceptors (Lipinski definition) is 4. The predicted octanol–water partition coefficient (Wildman–Crippen LogP) is 1.63. The summed E-state index contributed by atoms with van der Waals surface area (Å²) in [6.07, 6.45) is 0. The quantitative estimate of drug-likeness (QED) is 0.794. The van der Waals surface area contributed by atoms with Crippen molar-refractivity contribution in [3.05, 3.63) is 23.2 Å². The minimum absolute atomic E-state index is 0.0522. The van der Waals surface area contributed by atoms with Crippen LogP contribution in [0.4, 0.5) is 0 Å². The number of rotatable bonds is 7. The standard InChI is InChI=1S/C14H22N2O4/c1-5-16(8-13(17)15-9(2)3)7-11-6-12(14(18)19)10(4)20-11/h6,9H,5,7-8H2,1-4H3,(H,15,17)(H,18,19). The lowest BCUT2D eigenvalue weighted by Gasteiger charge is -2.19. The van der Waals surface area contributed by atoms with Crippen LogP contribution in [-0.2, 0) is 11.3 Å². The van der Waals surface area contributed by atoms with E-state index in [9.17, 15) is 9.59 Å². The third kappa shape index (κ3) is 4.70. The molecule has 2 N–H and O–H groups in total. The smallest absolute Gasteiger partial charge is 0.339 e. The third-order valence-electron chi connectivity index (χ3n) is 2.84. The van der Waals surface area contributed by atoms with Gasteiger partial charge in [0.25, 0.3) is 0 Å². The van der Waals surface area contributed by atoms with Gasteiger partial charge < -0.3 is 14.8 Å². The van der Waals surface area contributed by atoms with E-state index in [4.69, 9.17) is 9.52 Å². The minimum atomic E-state index is -1.00. The maximum Gasteiger partial charge on any atom is 0.339 e. The Kier molecular flexibility index (Phi) is 5.76. The normalized spacial score (nSPS) is 11.1. The summed E-state index contributed by atoms with van der Waals surface area (Å²) in [6, 6.07) is 1.62. The summed E-state index contributed by atoms with van der Waals surface area (Å²) in [5, 5.41) is 11.8. The minimum Gasteiger partial charge on any atom is -0.478 e. The number of aryl methyl sites for hydroxylation is 1. The van der Waals surface area contributed by atoms with Gasteiger partial charge >= 0.3 is 5.97 Å². The molecule has 0 saturated carbocycles. The predicted molar refractivity (Wildman–Crippen MR) is 74.6 cm³/mol. The fourth-order valence-corrected chi connectivity index (χ4v) is 1.90. The molecule has 0 radical (unpaired) electrons. The van der Waals surface area contributed by atoms with Crippen molar-refractivity contribution in [2.45, 2.75) is 40.3 Å². The summed E-state index contributed by atoms with van der Waals surface area (Å²) in [7, 11) is 0. The lowest BCUT2D eigenvalue weighted by molar-refractivity contribution is -0.122. The summed E-state index contributed by atoms with van der Waals surface area (Å²) in [5.41, 5.74) is 0.169. The zero-order valence-corrected chi connectivity index (χ0v) is 12.4. The van der Waals surface area contributed by atoms with Crippen molar-refractivity contribution in [1.82, 2.24) is 10.2 Å². The molecule has 0 spiro atoms. The number of nitrogens with zero attached hydrogens (tertiary/aromatic N) is 1. The summed E-state index contributed by atoms with van der Waals surface area (Å²) < 4.78 is 5.42. The average molecular weight is 282 g/mol. The van der Waals surface area contributed by atoms with Gasteiger partial charge in [-0.25, -0.2) is 4.79 Å². The number of carbonyl (C=O) groups is 2. The molecule has 1 heterocycles. The van der Waals surface area contributed by atoms with Crippen LogP contribution in [0.25, 0.3) is 0 Å². The Morgan fingerprint density at radius 1 is 1.45 bits per heavy atom. The first-order valence-electron chi connectivity index (χ1n) is 6.67. The van der Waals surface area contributed by atoms with Crippen LogP contribution in [0.5, 0.6) is 0 Å². The van der Waals surface area contributed by atoms with Gasteiger partial charge in [0, 0.05) is 6.04 Å². The second kappa shape index (κ2) is 7.09. The molecule has 1 aromatic rings. The number of furan rings is 1. The first kappa shape index (κ1) is 16.2. The van der Waals surface area contributed by atoms with Crippen LogP contribution >= 0.6 is 0 Å². The van der Waals surface area contributed by atoms with Crippen molar-refractivity contribution in [2.75, 3.05) is 13.1 Å². The molecule has 0 aliphatic heterocycles. The maximum absolute atomic E-state index is 11.7. The Hall–Kier alpha value is -1.82. The van der Waals surface area contributed by atoms with Gasteiger partial charge in [-0.15, -0.1) is 0 Å². The van der Waals surface area contributed by atoms with Crippen molar-refractivity contribution in [1.29, 1.82) is 0 Å². The van der Waals surface area contributed by atoms with Crippen molar-refractivity contribution in [3.8, 4) is 0 Å². The van der Waals surface area contributed by atoms with E-state index in [-0.39, 0.29) is 24.1 Å². The largest absolute Gasteiger partial charge is 0.478 e. The van der Waals surface area contributed by atoms with Gasteiger partial charge in [-0.2, -0.15) is 0 Å². The number of likely N-dealkylation sites (N-methyl/N-ethyl adjacent to an activating group) is 1. The molecule has 20 heavy (non-hydrogen) atoms. The molecular weight excluding hydrogens is 260 g/mol. The van der Waals surface area contributed by atoms with Crippen LogP contribution in [0.3, 0.4) is 0 Å². The molecule has 0 saturated heterocycles. The van der Waals surface area contributed by atoms with Crippen molar-refractivity contribution < 1.29 is 19.1 Å². The number of amides is 1. The number of hydrogen-bond donors (Lipinski definition) is 2. The van der Waals surface area contributed by atoms with Crippen LogP contribution in [0.2, 0.25) is 0 Å². The Bertz CT molecular complexity index is 480. The molecule has 112 valence electrons. The average Bonchev–Trinajstić information content (AvgIpc) is 2.68. The highest BCUT2D eigenvalue weighted by molar-refractivity contribution is 5.88. The van der Waals surface area contributed by atoms with E-state index in [0.29, 0.717) is 24.6 Å². The van der Waals surface area contributed by atoms with Gasteiger partial charge in [-0.3, -0.25) is 9.69 Å². The zero-order chi connectivity index (χ0) is 15.3. The summed E-state index contributed by atoms with van der Waals surface area (Å²) in [6.45, 7) is 8.72. The molecule has 1 amide bonds. The lowest BCUT2D eigenvalue weighted by atomic mass is 10.2. The molecule has 6 heteroatoms. The first-order chi connectivity index (χ1) is 9.33. The highest BCUT2D eigenvalue weighted by atomic mass is 16.4. The Balaban J connectivity index is 2.66. The SMILES string of the molecule is CCN(CC(=O)NC(C)C)Cc1cc(C(=O)O)c(C)o1. The number of carboxylic acids is 1. The molecule has 0 unspecified atom stereocenters. The summed E-state index contributed by atoms with van der Waals surface area (Å²) in [4.78, 5) is 24.6. The first-order valence-corrected chi connectivity index (χ1v) is 6.67. The lowest BCUT2D eigenvalue weighted by Crippen LogP contribution is -2.39. The maximum atomic E-state index is 11.7. The van der Waals surface area contributed by atoms with E-state index >= 15 is 0 Å². The zero-order valence-electron chi connectivity index (χ0n) is 12.4. The van der Waals surface area contributed by atoms with Crippen molar-refractivity contribution >= 4 is 11.9 Å². The van der Waals surface area contributed by atoms with Crippen LogP contribution in [-0.4, -0.2) is 41.0 Å². The molecule has 0 aliphatic rings. The van der Waals surface area contributed by atoms with Crippen LogP contribution in [0.1, 0.15) is 42.6 Å². The number of carbonyl (C=O) groups excluding carboxylic acids is 1. The molecule has 1 rings (SSSR count). The highest BCUT2D eigenvalue weighted by Crippen LogP contribution is 2.16. The van der Waals surface area contributed by atoms with Crippen LogP contribution in [0, 0.1) is 6.92 Å². The molecule has 1 aromatic heterocycles. The second-order valence-electron chi connectivity index (χ2n) is 5.01. The van der Waals surface area contributed by atoms with Crippen molar-refractivity contribution in [2.24, 2.45) is 0 Å². The van der Waals surface area contributed by atoms with E-state index in [1.165, 1.54) is 6.07 Å². The molecule has 0 fully saturated rings. The van der Waals surface area contributed by atoms with E-state index < -0.39 is 5.97 Å². The van der Waals surface area contributed by atoms with Gasteiger partial charge in [-0.05, 0) is 33.4 Å². The number of aromatic carboxylic acids is 1. The van der Waals surface area contributed by atoms with E-state index in [1.54, 1.807) is 6.92 Å². The van der Waals surface area contributed by atoms with Gasteiger partial charge in [0.2, 0.25) is 5.91 Å². The fourth-order valence-electron chi connectivity index (χ4n) is 1.90. The van der Waals surface area contributed by atoms with E-state index in [1.807, 2.05) is 25.7 Å². The van der Waals surface area contributed by atoms with Crippen LogP contribution in [0.15, 0.2) is 10.5 Å². The third-order valence-corrected chi connectivity index (χ3v) is 2.84. The molecule has 0 aliphatic carbocycles. The Morgan fingerprint density at radius 3 is 2.55 bits per heavy atom. The second-order valence-corrected chi connectivity index (χ2v) is 5.01. The van der Waals surface area contributed by atoms with Gasteiger partial charge in [0.1, 0.15) is 17.1 Å². The number of nitrogens with one attached hydrogen (secondary N) is 1. The van der Waals surface area contributed by atoms with Gasteiger partial charge in [0.15, 0.2) is 0 Å². The Morgan fingerprint density at radius 2 is 2.10 bits per heavy atom. The van der Waals surface area contributed by atoms with E-state index in [2.05, 4.69) is 5.32 Å². The van der Waals surface area contributed by atoms with Crippen LogP contribution < -0.4 is 5.32 Å². The molecule has 0 atom stereocenters. The topological polar surface area (TPSA) is 82.8 Å². The molecule has 0 bridgehead atoms. The fraction of sp³-hybridized carbons (Fsp3) is 0.571. The molecule has 6 nitrogen and oxygen atoms in total. The molecular formula is C14H22N2O4. The monoisotopic (exact) mass is 282 g/mol.